The maximum absolute atomic E-state index is 11.5. The highest BCUT2D eigenvalue weighted by Gasteiger charge is 2.10. The number of hydrogen-bond acceptors (Lipinski definition) is 5. The van der Waals surface area contributed by atoms with Gasteiger partial charge in [-0.3, -0.25) is 4.79 Å². The second-order valence-corrected chi connectivity index (χ2v) is 4.06. The summed E-state index contributed by atoms with van der Waals surface area (Å²) in [6.45, 7) is 5.31. The normalized spacial score (nSPS) is 10.4. The minimum Gasteiger partial charge on any atom is -0.483 e. The molecule has 1 aromatic carbocycles. The Hall–Kier alpha value is -2.17. The van der Waals surface area contributed by atoms with Gasteiger partial charge in [0.05, 0.1) is 5.56 Å². The van der Waals surface area contributed by atoms with Gasteiger partial charge in [0.1, 0.15) is 5.75 Å². The van der Waals surface area contributed by atoms with E-state index in [-0.39, 0.29) is 12.4 Å². The van der Waals surface area contributed by atoms with Crippen molar-refractivity contribution in [1.29, 1.82) is 0 Å². The second-order valence-electron chi connectivity index (χ2n) is 4.06. The Bertz CT molecular complexity index is 575. The average Bonchev–Trinajstić information content (AvgIpc) is 2.73. The standard InChI is InChI=1S/C13H14N2O3/c1-8-4-5-12(11(6-8)9(2)16)17-7-13-15-14-10(3)18-13/h4-6H,7H2,1-3H3. The maximum atomic E-state index is 11.5. The molecule has 0 spiro atoms. The lowest BCUT2D eigenvalue weighted by molar-refractivity contribution is 0.101. The first-order valence-corrected chi connectivity index (χ1v) is 5.59. The maximum Gasteiger partial charge on any atom is 0.253 e. The molecule has 0 fully saturated rings. The minimum absolute atomic E-state index is 0.0320. The molecule has 0 aliphatic rings. The third-order valence-corrected chi connectivity index (χ3v) is 2.43. The van der Waals surface area contributed by atoms with Crippen molar-refractivity contribution in [3.63, 3.8) is 0 Å². The van der Waals surface area contributed by atoms with Crippen LogP contribution in [0.15, 0.2) is 22.6 Å². The summed E-state index contributed by atoms with van der Waals surface area (Å²) in [4.78, 5) is 11.5. The molecular formula is C13H14N2O3. The van der Waals surface area contributed by atoms with Gasteiger partial charge in [-0.25, -0.2) is 0 Å². The summed E-state index contributed by atoms with van der Waals surface area (Å²) >= 11 is 0. The number of ketones is 1. The summed E-state index contributed by atoms with van der Waals surface area (Å²) < 4.78 is 10.7. The van der Waals surface area contributed by atoms with E-state index < -0.39 is 0 Å². The van der Waals surface area contributed by atoms with Gasteiger partial charge in [-0.15, -0.1) is 10.2 Å². The van der Waals surface area contributed by atoms with Crippen LogP contribution in [-0.4, -0.2) is 16.0 Å². The van der Waals surface area contributed by atoms with Crippen molar-refractivity contribution < 1.29 is 13.9 Å². The van der Waals surface area contributed by atoms with Crippen molar-refractivity contribution in [3.8, 4) is 5.75 Å². The Labute approximate surface area is 105 Å². The first kappa shape index (κ1) is 12.3. The van der Waals surface area contributed by atoms with Crippen LogP contribution in [0.25, 0.3) is 0 Å². The van der Waals surface area contributed by atoms with Crippen molar-refractivity contribution in [2.24, 2.45) is 0 Å². The number of Topliss-reactive ketones (excluding diaryl/α,β-unsaturated/α-hetero) is 1. The average molecular weight is 246 g/mol. The number of aryl methyl sites for hydroxylation is 2. The molecule has 1 heterocycles. The molecule has 2 rings (SSSR count). The first-order valence-electron chi connectivity index (χ1n) is 5.59. The van der Waals surface area contributed by atoms with E-state index in [9.17, 15) is 4.79 Å². The molecule has 0 radical (unpaired) electrons. The van der Waals surface area contributed by atoms with Crippen molar-refractivity contribution in [2.75, 3.05) is 0 Å². The lowest BCUT2D eigenvalue weighted by Crippen LogP contribution is -2.02. The van der Waals surface area contributed by atoms with E-state index in [2.05, 4.69) is 10.2 Å². The topological polar surface area (TPSA) is 65.2 Å². The Kier molecular flexibility index (Phi) is 3.41. The molecule has 0 atom stereocenters. The van der Waals surface area contributed by atoms with E-state index in [1.165, 1.54) is 6.92 Å². The Balaban J connectivity index is 2.16. The van der Waals surface area contributed by atoms with Crippen molar-refractivity contribution in [3.05, 3.63) is 41.1 Å². The fourth-order valence-corrected chi connectivity index (χ4v) is 1.58. The van der Waals surface area contributed by atoms with Crippen molar-refractivity contribution >= 4 is 5.78 Å². The summed E-state index contributed by atoms with van der Waals surface area (Å²) in [5.41, 5.74) is 1.58. The van der Waals surface area contributed by atoms with Crippen LogP contribution in [0.5, 0.6) is 5.75 Å². The lowest BCUT2D eigenvalue weighted by Gasteiger charge is -2.08. The Morgan fingerprint density at radius 1 is 1.33 bits per heavy atom. The number of rotatable bonds is 4. The van der Waals surface area contributed by atoms with Crippen LogP contribution in [0.2, 0.25) is 0 Å². The smallest absolute Gasteiger partial charge is 0.253 e. The Morgan fingerprint density at radius 3 is 2.72 bits per heavy atom. The van der Waals surface area contributed by atoms with Crippen LogP contribution in [0, 0.1) is 13.8 Å². The van der Waals surface area contributed by atoms with Crippen LogP contribution in [-0.2, 0) is 6.61 Å². The number of hydrogen-bond donors (Lipinski definition) is 0. The number of carbonyl (C=O) groups is 1. The van der Waals surface area contributed by atoms with Crippen molar-refractivity contribution in [1.82, 2.24) is 10.2 Å². The zero-order chi connectivity index (χ0) is 13.1. The van der Waals surface area contributed by atoms with Gasteiger partial charge in [-0.05, 0) is 26.0 Å². The van der Waals surface area contributed by atoms with Crippen LogP contribution in [0.4, 0.5) is 0 Å². The molecule has 0 amide bonds. The molecule has 0 saturated heterocycles. The minimum atomic E-state index is -0.0320. The summed E-state index contributed by atoms with van der Waals surface area (Å²) in [5.74, 6) is 1.38. The fraction of sp³-hybridized carbons (Fsp3) is 0.308. The molecule has 0 N–H and O–H groups in total. The van der Waals surface area contributed by atoms with Gasteiger partial charge < -0.3 is 9.15 Å². The molecule has 18 heavy (non-hydrogen) atoms. The number of carbonyl (C=O) groups excluding carboxylic acids is 1. The van der Waals surface area contributed by atoms with Gasteiger partial charge in [0, 0.05) is 6.92 Å². The largest absolute Gasteiger partial charge is 0.483 e. The van der Waals surface area contributed by atoms with Gasteiger partial charge in [0.2, 0.25) is 5.89 Å². The highest BCUT2D eigenvalue weighted by Crippen LogP contribution is 2.21. The summed E-state index contributed by atoms with van der Waals surface area (Å²) in [7, 11) is 0. The molecular weight excluding hydrogens is 232 g/mol. The number of ether oxygens (including phenoxy) is 1. The zero-order valence-electron chi connectivity index (χ0n) is 10.6. The second kappa shape index (κ2) is 5.00. The van der Waals surface area contributed by atoms with Crippen molar-refractivity contribution in [2.45, 2.75) is 27.4 Å². The molecule has 0 saturated carbocycles. The van der Waals surface area contributed by atoms with E-state index in [1.54, 1.807) is 19.1 Å². The van der Waals surface area contributed by atoms with Gasteiger partial charge >= 0.3 is 0 Å². The van der Waals surface area contributed by atoms with Gasteiger partial charge in [-0.2, -0.15) is 0 Å². The predicted octanol–water partition coefficient (Wildman–Crippen LogP) is 2.47. The van der Waals surface area contributed by atoms with E-state index in [0.29, 0.717) is 23.1 Å². The third kappa shape index (κ3) is 2.74. The third-order valence-electron chi connectivity index (χ3n) is 2.43. The van der Waals surface area contributed by atoms with Gasteiger partial charge in [0.25, 0.3) is 5.89 Å². The highest BCUT2D eigenvalue weighted by molar-refractivity contribution is 5.97. The lowest BCUT2D eigenvalue weighted by atomic mass is 10.1. The van der Waals surface area contributed by atoms with E-state index >= 15 is 0 Å². The summed E-state index contributed by atoms with van der Waals surface area (Å²) in [5, 5.41) is 7.53. The monoisotopic (exact) mass is 246 g/mol. The molecule has 0 aliphatic carbocycles. The predicted molar refractivity (Wildman–Crippen MR) is 64.6 cm³/mol. The molecule has 5 nitrogen and oxygen atoms in total. The molecule has 0 unspecified atom stereocenters. The quantitative estimate of drug-likeness (QED) is 0.775. The van der Waals surface area contributed by atoms with Crippen LogP contribution in [0.1, 0.15) is 34.6 Å². The van der Waals surface area contributed by atoms with Crippen LogP contribution < -0.4 is 4.74 Å². The number of nitrogens with zero attached hydrogens (tertiary/aromatic N) is 2. The van der Waals surface area contributed by atoms with Gasteiger partial charge in [-0.1, -0.05) is 11.6 Å². The number of aromatic nitrogens is 2. The summed E-state index contributed by atoms with van der Waals surface area (Å²) in [6, 6.07) is 5.47. The molecule has 1 aromatic heterocycles. The van der Waals surface area contributed by atoms with E-state index in [4.69, 9.17) is 9.15 Å². The van der Waals surface area contributed by atoms with Crippen LogP contribution >= 0.6 is 0 Å². The Morgan fingerprint density at radius 2 is 2.11 bits per heavy atom. The molecule has 0 aliphatic heterocycles. The van der Waals surface area contributed by atoms with E-state index in [1.807, 2.05) is 13.0 Å². The fourth-order valence-electron chi connectivity index (χ4n) is 1.58. The SMILES string of the molecule is CC(=O)c1cc(C)ccc1OCc1nnc(C)o1. The molecule has 5 heteroatoms. The summed E-state index contributed by atoms with van der Waals surface area (Å²) in [6.07, 6.45) is 0. The molecule has 94 valence electrons. The van der Waals surface area contributed by atoms with Gasteiger partial charge in [0.15, 0.2) is 12.4 Å². The molecule has 0 bridgehead atoms. The zero-order valence-corrected chi connectivity index (χ0v) is 10.6. The first-order chi connectivity index (χ1) is 8.56. The van der Waals surface area contributed by atoms with E-state index in [0.717, 1.165) is 5.56 Å². The number of benzene rings is 1. The highest BCUT2D eigenvalue weighted by atomic mass is 16.5. The van der Waals surface area contributed by atoms with Crippen LogP contribution in [0.3, 0.4) is 0 Å². The molecule has 2 aromatic rings.